The molecule has 2 N–H and O–H groups in total. The molecule has 2 aromatic heterocycles. The molecule has 0 radical (unpaired) electrons. The second-order valence-corrected chi connectivity index (χ2v) is 7.96. The van der Waals surface area contributed by atoms with Gasteiger partial charge in [-0.05, 0) is 52.7 Å². The van der Waals surface area contributed by atoms with Crippen LogP contribution >= 0.6 is 15.9 Å². The number of H-pyrrole nitrogens is 1. The van der Waals surface area contributed by atoms with Gasteiger partial charge in [0.1, 0.15) is 11.4 Å². The summed E-state index contributed by atoms with van der Waals surface area (Å²) in [5.41, 5.74) is -1.54. The smallest absolute Gasteiger partial charge is 0.330 e. The van der Waals surface area contributed by atoms with Crippen molar-refractivity contribution in [1.29, 1.82) is 0 Å². The van der Waals surface area contributed by atoms with E-state index in [9.17, 15) is 13.6 Å². The highest BCUT2D eigenvalue weighted by atomic mass is 79.9. The van der Waals surface area contributed by atoms with Crippen LogP contribution in [0.2, 0.25) is 0 Å². The van der Waals surface area contributed by atoms with Crippen LogP contribution in [0.5, 0.6) is 0 Å². The zero-order valence-corrected chi connectivity index (χ0v) is 17.6. The average molecular weight is 495 g/mol. The Morgan fingerprint density at radius 2 is 1.84 bits per heavy atom. The zero-order valence-electron chi connectivity index (χ0n) is 16.0. The summed E-state index contributed by atoms with van der Waals surface area (Å²) in [5, 5.41) is 2.81. The van der Waals surface area contributed by atoms with Gasteiger partial charge in [0.15, 0.2) is 5.84 Å². The van der Waals surface area contributed by atoms with Crippen LogP contribution in [0.1, 0.15) is 23.6 Å². The number of nitrogens with one attached hydrogen (secondary N) is 2. The van der Waals surface area contributed by atoms with E-state index in [1.165, 1.54) is 30.5 Å². The van der Waals surface area contributed by atoms with Gasteiger partial charge in [0.25, 0.3) is 0 Å². The zero-order chi connectivity index (χ0) is 22.4. The number of pyridine rings is 2. The molecule has 0 spiro atoms. The van der Waals surface area contributed by atoms with E-state index >= 15 is 8.78 Å². The van der Waals surface area contributed by atoms with Gasteiger partial charge in [-0.3, -0.25) is 9.79 Å². The second kappa shape index (κ2) is 7.60. The quantitative estimate of drug-likeness (QED) is 0.421. The fraction of sp³-hybridized carbons (Fsp3) is 0.190. The van der Waals surface area contributed by atoms with Crippen LogP contribution in [-0.4, -0.2) is 21.8 Å². The number of halogens is 5. The van der Waals surface area contributed by atoms with E-state index in [2.05, 4.69) is 36.2 Å². The molecule has 0 saturated carbocycles. The molecule has 3 heterocycles. The normalized spacial score (nSPS) is 21.0. The Morgan fingerprint density at radius 3 is 2.45 bits per heavy atom. The first kappa shape index (κ1) is 21.2. The number of aliphatic imine (C=N–C) groups is 1. The molecule has 0 fully saturated rings. The maximum Gasteiger partial charge on any atom is 0.330 e. The molecule has 1 aliphatic heterocycles. The highest BCUT2D eigenvalue weighted by molar-refractivity contribution is 9.10. The molecular weight excluding hydrogens is 480 g/mol. The van der Waals surface area contributed by atoms with Crippen molar-refractivity contribution >= 4 is 21.8 Å². The number of hydrogen-bond donors (Lipinski definition) is 2. The topological polar surface area (TPSA) is 70.1 Å². The van der Waals surface area contributed by atoms with Gasteiger partial charge in [0.05, 0.1) is 10.5 Å². The molecule has 160 valence electrons. The van der Waals surface area contributed by atoms with E-state index in [4.69, 9.17) is 0 Å². The number of hydrogen-bond acceptors (Lipinski definition) is 4. The Kier molecular flexibility index (Phi) is 5.20. The molecule has 0 aliphatic carbocycles. The fourth-order valence-corrected chi connectivity index (χ4v) is 4.04. The summed E-state index contributed by atoms with van der Waals surface area (Å²) in [6.45, 7) is 1.61. The van der Waals surface area contributed by atoms with Crippen LogP contribution in [-0.2, 0) is 11.5 Å². The lowest BCUT2D eigenvalue weighted by Crippen LogP contribution is -2.50. The summed E-state index contributed by atoms with van der Waals surface area (Å²) < 4.78 is 58.1. The van der Waals surface area contributed by atoms with Crippen molar-refractivity contribution in [2.75, 3.05) is 0 Å². The Bertz CT molecular complexity index is 1210. The number of aromatic amines is 1. The van der Waals surface area contributed by atoms with Crippen molar-refractivity contribution in [3.8, 4) is 0 Å². The van der Waals surface area contributed by atoms with E-state index in [1.807, 2.05) is 0 Å². The van der Waals surface area contributed by atoms with Crippen molar-refractivity contribution in [3.63, 3.8) is 0 Å². The van der Waals surface area contributed by atoms with E-state index in [0.717, 1.165) is 24.4 Å². The highest BCUT2D eigenvalue weighted by Crippen LogP contribution is 2.42. The van der Waals surface area contributed by atoms with Crippen LogP contribution in [0.25, 0.3) is 0 Å². The first-order chi connectivity index (χ1) is 14.6. The molecule has 5 nitrogen and oxygen atoms in total. The van der Waals surface area contributed by atoms with E-state index in [0.29, 0.717) is 11.1 Å². The van der Waals surface area contributed by atoms with Crippen LogP contribution < -0.4 is 10.9 Å². The summed E-state index contributed by atoms with van der Waals surface area (Å²) in [4.78, 5) is 21.3. The van der Waals surface area contributed by atoms with E-state index in [-0.39, 0.29) is 4.47 Å². The van der Waals surface area contributed by atoms with Gasteiger partial charge in [-0.15, -0.1) is 0 Å². The molecule has 1 aliphatic rings. The monoisotopic (exact) mass is 494 g/mol. The maximum atomic E-state index is 15.3. The number of rotatable bonds is 4. The number of amidine groups is 1. The second-order valence-electron chi connectivity index (χ2n) is 7.10. The molecule has 31 heavy (non-hydrogen) atoms. The molecule has 10 heteroatoms. The van der Waals surface area contributed by atoms with Crippen molar-refractivity contribution in [3.05, 3.63) is 98.1 Å². The number of benzene rings is 1. The van der Waals surface area contributed by atoms with Gasteiger partial charge in [0, 0.05) is 29.6 Å². The van der Waals surface area contributed by atoms with Gasteiger partial charge < -0.3 is 10.3 Å². The first-order valence-corrected chi connectivity index (χ1v) is 9.95. The standard InChI is InChI=1S/C21H15BrF4N4O/c1-11-20(13-3-6-17(24)27-9-13,12-2-5-16(23)15(22)8-12)30-19(29-11)21(25,26)14-4-7-18(31)28-10-14/h2-11H,1H3,(H,28,31)(H,29,30)/t11-,20-/m0/s1. The van der Waals surface area contributed by atoms with Gasteiger partial charge in [-0.1, -0.05) is 12.1 Å². The Hall–Kier alpha value is -3.01. The third-order valence-corrected chi connectivity index (χ3v) is 5.87. The largest absolute Gasteiger partial charge is 0.353 e. The molecule has 1 aromatic carbocycles. The van der Waals surface area contributed by atoms with Crippen molar-refractivity contribution in [1.82, 2.24) is 15.3 Å². The predicted molar refractivity (Wildman–Crippen MR) is 110 cm³/mol. The van der Waals surface area contributed by atoms with Gasteiger partial charge in [-0.2, -0.15) is 13.2 Å². The summed E-state index contributed by atoms with van der Waals surface area (Å²) in [5.74, 6) is -5.46. The molecular formula is C21H15BrF4N4O. The van der Waals surface area contributed by atoms with Crippen LogP contribution in [0, 0.1) is 11.8 Å². The van der Waals surface area contributed by atoms with Crippen LogP contribution in [0.3, 0.4) is 0 Å². The lowest BCUT2D eigenvalue weighted by Gasteiger charge is -2.35. The summed E-state index contributed by atoms with van der Waals surface area (Å²) in [6.07, 6.45) is 2.15. The Labute approximate surface area is 182 Å². The van der Waals surface area contributed by atoms with Gasteiger partial charge >= 0.3 is 5.92 Å². The summed E-state index contributed by atoms with van der Waals surface area (Å²) >= 11 is 3.12. The number of nitrogens with zero attached hydrogens (tertiary/aromatic N) is 2. The molecule has 0 saturated heterocycles. The first-order valence-electron chi connectivity index (χ1n) is 9.15. The molecule has 0 amide bonds. The molecule has 2 atom stereocenters. The van der Waals surface area contributed by atoms with Crippen LogP contribution in [0.15, 0.2) is 69.1 Å². The summed E-state index contributed by atoms with van der Waals surface area (Å²) in [6, 6.07) is 7.85. The fourth-order valence-electron chi connectivity index (χ4n) is 3.66. The Morgan fingerprint density at radius 1 is 1.10 bits per heavy atom. The highest BCUT2D eigenvalue weighted by Gasteiger charge is 2.52. The van der Waals surface area contributed by atoms with Crippen molar-refractivity contribution in [2.45, 2.75) is 24.4 Å². The summed E-state index contributed by atoms with van der Waals surface area (Å²) in [7, 11) is 0. The number of alkyl halides is 2. The molecule has 3 aromatic rings. The lowest BCUT2D eigenvalue weighted by molar-refractivity contribution is 0.0711. The van der Waals surface area contributed by atoms with Crippen molar-refractivity contribution in [2.24, 2.45) is 4.99 Å². The molecule has 0 unspecified atom stereocenters. The minimum Gasteiger partial charge on any atom is -0.353 e. The van der Waals surface area contributed by atoms with E-state index in [1.54, 1.807) is 6.92 Å². The molecule has 4 rings (SSSR count). The maximum absolute atomic E-state index is 15.3. The minimum absolute atomic E-state index is 0.134. The number of aromatic nitrogens is 2. The van der Waals surface area contributed by atoms with E-state index < -0.39 is 46.2 Å². The molecule has 0 bridgehead atoms. The minimum atomic E-state index is -3.56. The third-order valence-electron chi connectivity index (χ3n) is 5.27. The van der Waals surface area contributed by atoms with Crippen LogP contribution in [0.4, 0.5) is 17.6 Å². The SMILES string of the molecule is C[C@@H]1N=C(C(F)(F)c2ccc(=O)[nH]c2)N[C@]1(c1ccc(F)nc1)c1ccc(F)c(Br)c1. The third kappa shape index (κ3) is 3.54. The van der Waals surface area contributed by atoms with Crippen molar-refractivity contribution < 1.29 is 17.6 Å². The lowest BCUT2D eigenvalue weighted by atomic mass is 9.79. The predicted octanol–water partition coefficient (Wildman–Crippen LogP) is 4.24. The van der Waals surface area contributed by atoms with Gasteiger partial charge in [-0.25, -0.2) is 9.37 Å². The Balaban J connectivity index is 1.85. The average Bonchev–Trinajstić information content (AvgIpc) is 3.10. The van der Waals surface area contributed by atoms with Gasteiger partial charge in [0.2, 0.25) is 11.5 Å².